The van der Waals surface area contributed by atoms with Crippen molar-refractivity contribution < 1.29 is 38.7 Å². The molecule has 0 radical (unpaired) electrons. The molecule has 1 fully saturated rings. The van der Waals surface area contributed by atoms with Gasteiger partial charge >= 0.3 is 0 Å². The zero-order valence-electron chi connectivity index (χ0n) is 11.9. The number of ketones is 2. The van der Waals surface area contributed by atoms with E-state index >= 15 is 0 Å². The molecule has 122 valence electrons. The van der Waals surface area contributed by atoms with Gasteiger partial charge in [-0.1, -0.05) is 0 Å². The summed E-state index contributed by atoms with van der Waals surface area (Å²) >= 11 is 0. The number of hydrogen-bond acceptors (Lipinski definition) is 8. The van der Waals surface area contributed by atoms with Crippen LogP contribution in [0.25, 0.3) is 0 Å². The van der Waals surface area contributed by atoms with Gasteiger partial charge in [-0.05, 0) is 0 Å². The number of aliphatic hydroxyl groups excluding tert-OH is 2. The summed E-state index contributed by atoms with van der Waals surface area (Å²) < 4.78 is 20.1. The fourth-order valence-electron chi connectivity index (χ4n) is 1.52. The van der Waals surface area contributed by atoms with Gasteiger partial charge in [-0.25, -0.2) is 0 Å². The Bertz CT molecular complexity index is 315. The normalized spacial score (nSPS) is 18.5. The van der Waals surface area contributed by atoms with Gasteiger partial charge in [0.25, 0.3) is 0 Å². The van der Waals surface area contributed by atoms with Crippen LogP contribution in [0.1, 0.15) is 6.42 Å². The Kier molecular flexibility index (Phi) is 9.31. The monoisotopic (exact) mass is 306 g/mol. The number of carbonyl (C=O) groups excluding carboxylic acids is 2. The van der Waals surface area contributed by atoms with Crippen molar-refractivity contribution in [1.82, 2.24) is 0 Å². The fourth-order valence-corrected chi connectivity index (χ4v) is 1.52. The highest BCUT2D eigenvalue weighted by atomic mass is 16.6. The van der Waals surface area contributed by atoms with E-state index in [2.05, 4.69) is 0 Å². The molecule has 0 aromatic heterocycles. The molecule has 0 bridgehead atoms. The Labute approximate surface area is 122 Å². The minimum Gasteiger partial charge on any atom is -0.394 e. The van der Waals surface area contributed by atoms with Gasteiger partial charge < -0.3 is 29.2 Å². The zero-order chi connectivity index (χ0) is 15.5. The first-order valence-corrected chi connectivity index (χ1v) is 6.86. The predicted molar refractivity (Wildman–Crippen MR) is 69.9 cm³/mol. The predicted octanol–water partition coefficient (Wildman–Crippen LogP) is -1.68. The molecule has 2 atom stereocenters. The van der Waals surface area contributed by atoms with E-state index in [1.165, 1.54) is 0 Å². The largest absolute Gasteiger partial charge is 0.394 e. The second-order valence-corrected chi connectivity index (χ2v) is 4.44. The van der Waals surface area contributed by atoms with Crippen molar-refractivity contribution in [2.45, 2.75) is 18.6 Å². The average Bonchev–Trinajstić information content (AvgIpc) is 3.29. The Hall–Kier alpha value is -0.900. The van der Waals surface area contributed by atoms with Crippen LogP contribution in [-0.4, -0.2) is 86.8 Å². The van der Waals surface area contributed by atoms with Crippen molar-refractivity contribution >= 4 is 11.6 Å². The first-order chi connectivity index (χ1) is 10.2. The lowest BCUT2D eigenvalue weighted by Crippen LogP contribution is -2.35. The topological polar surface area (TPSA) is 115 Å². The van der Waals surface area contributed by atoms with Gasteiger partial charge in [0.1, 0.15) is 6.10 Å². The lowest BCUT2D eigenvalue weighted by atomic mass is 10.1. The molecule has 0 aromatic rings. The van der Waals surface area contributed by atoms with E-state index in [-0.39, 0.29) is 39.0 Å². The highest BCUT2D eigenvalue weighted by Gasteiger charge is 2.32. The summed E-state index contributed by atoms with van der Waals surface area (Å²) in [5, 5.41) is 17.6. The summed E-state index contributed by atoms with van der Waals surface area (Å²) in [6.45, 7) is 1.15. The SMILES string of the molecule is O=C(CC1CO1)C(=O)C(CO)OCCOCCOCCO. The number of carbonyl (C=O) groups is 2. The minimum absolute atomic E-state index is 0.0384. The third-order valence-electron chi connectivity index (χ3n) is 2.70. The van der Waals surface area contributed by atoms with Crippen LogP contribution >= 0.6 is 0 Å². The van der Waals surface area contributed by atoms with Crippen LogP contribution in [0.5, 0.6) is 0 Å². The highest BCUT2D eigenvalue weighted by molar-refractivity contribution is 6.39. The number of aliphatic hydroxyl groups is 2. The standard InChI is InChI=1S/C13H22O8/c14-1-2-18-3-4-19-5-6-20-12(8-15)13(17)11(16)7-10-9-21-10/h10,12,14-15H,1-9H2. The molecule has 1 aliphatic heterocycles. The highest BCUT2D eigenvalue weighted by Crippen LogP contribution is 2.14. The summed E-state index contributed by atoms with van der Waals surface area (Å²) in [5.41, 5.74) is 0. The van der Waals surface area contributed by atoms with Crippen molar-refractivity contribution in [2.24, 2.45) is 0 Å². The van der Waals surface area contributed by atoms with E-state index in [0.29, 0.717) is 19.8 Å². The number of ether oxygens (including phenoxy) is 4. The van der Waals surface area contributed by atoms with E-state index < -0.39 is 24.3 Å². The number of hydrogen-bond donors (Lipinski definition) is 2. The van der Waals surface area contributed by atoms with E-state index in [1.54, 1.807) is 0 Å². The van der Waals surface area contributed by atoms with Crippen molar-refractivity contribution in [1.29, 1.82) is 0 Å². The molecule has 0 spiro atoms. The van der Waals surface area contributed by atoms with Crippen LogP contribution in [0.2, 0.25) is 0 Å². The quantitative estimate of drug-likeness (QED) is 0.222. The van der Waals surface area contributed by atoms with Gasteiger partial charge in [-0.2, -0.15) is 0 Å². The molecule has 0 amide bonds. The number of Topliss-reactive ketones (excluding diaryl/α,β-unsaturated/α-hetero) is 2. The maximum atomic E-state index is 11.7. The molecule has 0 saturated carbocycles. The molecule has 0 aromatic carbocycles. The lowest BCUT2D eigenvalue weighted by molar-refractivity contribution is -0.146. The maximum Gasteiger partial charge on any atom is 0.229 e. The Morgan fingerprint density at radius 2 is 1.71 bits per heavy atom. The van der Waals surface area contributed by atoms with Crippen LogP contribution in [-0.2, 0) is 28.5 Å². The molecule has 1 saturated heterocycles. The summed E-state index contributed by atoms with van der Waals surface area (Å²) in [6.07, 6.45) is -1.27. The molecule has 8 heteroatoms. The molecule has 8 nitrogen and oxygen atoms in total. The summed E-state index contributed by atoms with van der Waals surface area (Å²) in [5.74, 6) is -1.32. The van der Waals surface area contributed by atoms with Crippen molar-refractivity contribution in [2.75, 3.05) is 52.9 Å². The third-order valence-corrected chi connectivity index (χ3v) is 2.70. The first-order valence-electron chi connectivity index (χ1n) is 6.86. The maximum absolute atomic E-state index is 11.7. The second kappa shape index (κ2) is 10.8. The van der Waals surface area contributed by atoms with Crippen molar-refractivity contribution in [3.63, 3.8) is 0 Å². The molecular weight excluding hydrogens is 284 g/mol. The molecule has 1 heterocycles. The van der Waals surface area contributed by atoms with Gasteiger partial charge in [0.2, 0.25) is 11.6 Å². The fraction of sp³-hybridized carbons (Fsp3) is 0.846. The van der Waals surface area contributed by atoms with Gasteiger partial charge in [-0.15, -0.1) is 0 Å². The van der Waals surface area contributed by atoms with Crippen molar-refractivity contribution in [3.8, 4) is 0 Å². The van der Waals surface area contributed by atoms with E-state index in [1.807, 2.05) is 0 Å². The molecule has 2 N–H and O–H groups in total. The molecule has 1 aliphatic rings. The zero-order valence-corrected chi connectivity index (χ0v) is 11.9. The third kappa shape index (κ3) is 8.20. The van der Waals surface area contributed by atoms with E-state index in [0.717, 1.165) is 0 Å². The molecule has 2 unspecified atom stereocenters. The summed E-state index contributed by atoms with van der Waals surface area (Å²) in [6, 6.07) is 0. The molecular formula is C13H22O8. The van der Waals surface area contributed by atoms with E-state index in [9.17, 15) is 9.59 Å². The first kappa shape index (κ1) is 18.1. The lowest BCUT2D eigenvalue weighted by Gasteiger charge is -2.13. The van der Waals surface area contributed by atoms with Crippen molar-refractivity contribution in [3.05, 3.63) is 0 Å². The van der Waals surface area contributed by atoms with E-state index in [4.69, 9.17) is 29.2 Å². The molecule has 1 rings (SSSR count). The van der Waals surface area contributed by atoms with Gasteiger partial charge in [-0.3, -0.25) is 9.59 Å². The average molecular weight is 306 g/mol. The number of epoxide rings is 1. The molecule has 21 heavy (non-hydrogen) atoms. The smallest absolute Gasteiger partial charge is 0.229 e. The van der Waals surface area contributed by atoms with Gasteiger partial charge in [0.05, 0.1) is 59.0 Å². The Morgan fingerprint density at radius 1 is 1.10 bits per heavy atom. The second-order valence-electron chi connectivity index (χ2n) is 4.44. The van der Waals surface area contributed by atoms with Crippen LogP contribution in [0.4, 0.5) is 0 Å². The molecule has 0 aliphatic carbocycles. The number of rotatable bonds is 14. The van der Waals surface area contributed by atoms with Crippen LogP contribution in [0, 0.1) is 0 Å². The van der Waals surface area contributed by atoms with Gasteiger partial charge in [0.15, 0.2) is 0 Å². The minimum atomic E-state index is -1.15. The van der Waals surface area contributed by atoms with Crippen LogP contribution in [0.15, 0.2) is 0 Å². The van der Waals surface area contributed by atoms with Crippen LogP contribution in [0.3, 0.4) is 0 Å². The Balaban J connectivity index is 2.06. The van der Waals surface area contributed by atoms with Crippen LogP contribution < -0.4 is 0 Å². The Morgan fingerprint density at radius 3 is 2.29 bits per heavy atom. The van der Waals surface area contributed by atoms with Gasteiger partial charge in [0, 0.05) is 6.42 Å². The summed E-state index contributed by atoms with van der Waals surface area (Å²) in [4.78, 5) is 23.2. The summed E-state index contributed by atoms with van der Waals surface area (Å²) in [7, 11) is 0.